The Morgan fingerprint density at radius 3 is 2.04 bits per heavy atom. The van der Waals surface area contributed by atoms with Gasteiger partial charge in [0.25, 0.3) is 11.8 Å². The highest BCUT2D eigenvalue weighted by Crippen LogP contribution is 2.24. The molecule has 0 saturated heterocycles. The normalized spacial score (nSPS) is 18.5. The van der Waals surface area contributed by atoms with Gasteiger partial charge >= 0.3 is 11.9 Å². The zero-order valence-corrected chi connectivity index (χ0v) is 11.4. The van der Waals surface area contributed by atoms with E-state index in [0.29, 0.717) is 0 Å². The van der Waals surface area contributed by atoms with Crippen LogP contribution in [0.15, 0.2) is 36.3 Å². The van der Waals surface area contributed by atoms with Crippen LogP contribution in [0, 0.1) is 0 Å². The number of ether oxygens (including phenoxy) is 1. The molecule has 1 N–H and O–H groups in total. The highest BCUT2D eigenvalue weighted by molar-refractivity contribution is 6.23. The predicted octanol–water partition coefficient (Wildman–Crippen LogP) is 1.11. The van der Waals surface area contributed by atoms with Crippen molar-refractivity contribution >= 4 is 29.5 Å². The zero-order chi connectivity index (χ0) is 22.2. The van der Waals surface area contributed by atoms with E-state index in [-0.39, 0.29) is 0 Å². The molecule has 0 aliphatic carbocycles. The second-order valence-electron chi connectivity index (χ2n) is 4.79. The number of hydrogen-bond donors (Lipinski definition) is 1. The number of carbonyl (C=O) groups excluding carboxylic acids is 5. The van der Waals surface area contributed by atoms with Crippen LogP contribution in [-0.2, 0) is 4.74 Å². The molecule has 0 fully saturated rings. The van der Waals surface area contributed by atoms with Crippen molar-refractivity contribution in [2.45, 2.75) is 0 Å². The number of rotatable bonds is 2. The van der Waals surface area contributed by atoms with E-state index < -0.39 is 99.2 Å². The Labute approximate surface area is 142 Å². The lowest BCUT2D eigenvalue weighted by Gasteiger charge is -2.04. The summed E-state index contributed by atoms with van der Waals surface area (Å²) in [7, 11) is 0. The topological polar surface area (TPSA) is 107 Å². The van der Waals surface area contributed by atoms with Crippen molar-refractivity contribution < 1.29 is 36.9 Å². The van der Waals surface area contributed by atoms with Gasteiger partial charge in [-0.3, -0.25) is 19.7 Å². The Hall–Kier alpha value is -3.61. The number of esters is 2. The molecule has 2 aliphatic heterocycles. The van der Waals surface area contributed by atoms with Crippen LogP contribution in [0.2, 0.25) is 0 Å². The fourth-order valence-electron chi connectivity index (χ4n) is 2.23. The molecule has 7 nitrogen and oxygen atoms in total. The summed E-state index contributed by atoms with van der Waals surface area (Å²) in [5, 5.41) is 1.86. The number of amides is 2. The fraction of sp³-hybridized carbons (Fsp3) is 0. The molecule has 0 aromatic heterocycles. The van der Waals surface area contributed by atoms with Crippen molar-refractivity contribution in [3.8, 4) is 0 Å². The average molecular weight is 327 g/mol. The molecular weight excluding hydrogens is 314 g/mol. The molecule has 0 spiro atoms. The first-order valence-electron chi connectivity index (χ1n) is 9.43. The third-order valence-corrected chi connectivity index (χ3v) is 3.35. The van der Waals surface area contributed by atoms with Crippen molar-refractivity contribution in [1.29, 1.82) is 0 Å². The molecule has 0 atom stereocenters. The summed E-state index contributed by atoms with van der Waals surface area (Å²) >= 11 is 0. The van der Waals surface area contributed by atoms with Crippen LogP contribution in [0.25, 0.3) is 0 Å². The molecule has 0 saturated carbocycles. The number of fused-ring (bicyclic) bond motifs is 2. The minimum absolute atomic E-state index is 0.548. The molecule has 24 heavy (non-hydrogen) atoms. The molecule has 2 aromatic rings. The fourth-order valence-corrected chi connectivity index (χ4v) is 2.23. The van der Waals surface area contributed by atoms with Gasteiger partial charge in [-0.05, 0) is 24.2 Å². The van der Waals surface area contributed by atoms with Gasteiger partial charge in [-0.15, -0.1) is 0 Å². The maximum absolute atomic E-state index is 13.1. The Bertz CT molecular complexity index is 1200. The van der Waals surface area contributed by atoms with Gasteiger partial charge in [0.1, 0.15) is 0 Å². The maximum atomic E-state index is 13.1. The first kappa shape index (κ1) is 8.88. The molecule has 7 heteroatoms. The molecule has 2 aliphatic rings. The lowest BCUT2D eigenvalue weighted by molar-refractivity contribution is 0.0443. The highest BCUT2D eigenvalue weighted by Gasteiger charge is 2.31. The maximum Gasteiger partial charge on any atom is 0.346 e. The van der Waals surface area contributed by atoms with Crippen LogP contribution in [0.5, 0.6) is 0 Å². The van der Waals surface area contributed by atoms with E-state index in [1.54, 1.807) is 0 Å². The quantitative estimate of drug-likeness (QED) is 0.383. The summed E-state index contributed by atoms with van der Waals surface area (Å²) in [6.07, 6.45) is 0. The van der Waals surface area contributed by atoms with Gasteiger partial charge in [0, 0.05) is 11.1 Å². The molecule has 0 bridgehead atoms. The summed E-state index contributed by atoms with van der Waals surface area (Å²) in [5.41, 5.74) is -4.25. The number of ketones is 1. The van der Waals surface area contributed by atoms with Gasteiger partial charge in [0.15, 0.2) is 5.78 Å². The Morgan fingerprint density at radius 2 is 1.33 bits per heavy atom. The Balaban J connectivity index is 2.04. The summed E-state index contributed by atoms with van der Waals surface area (Å²) in [6.45, 7) is 0. The monoisotopic (exact) mass is 327 g/mol. The number of benzene rings is 2. The first-order chi connectivity index (χ1) is 14.0. The second kappa shape index (κ2) is 4.69. The van der Waals surface area contributed by atoms with Crippen LogP contribution >= 0.6 is 0 Å². The standard InChI is InChI=1S/C17H7NO6/c19-13(7-1-3-9-11(5-7)15(21)18-14(9)20)8-2-4-10-12(6-8)17(23)24-16(10)22/h1-6H,(H,18,20,21)/i1D,2D,3D,4D,5D,6D. The molecule has 4 rings (SSSR count). The molecule has 116 valence electrons. The largest absolute Gasteiger partial charge is 0.386 e. The number of carbonyl (C=O) groups is 5. The minimum atomic E-state index is -1.35. The third-order valence-electron chi connectivity index (χ3n) is 3.35. The number of hydrogen-bond acceptors (Lipinski definition) is 6. The van der Waals surface area contributed by atoms with Gasteiger partial charge < -0.3 is 4.74 Å². The van der Waals surface area contributed by atoms with E-state index in [0.717, 1.165) is 0 Å². The summed E-state index contributed by atoms with van der Waals surface area (Å²) in [5.74, 6) is -5.95. The van der Waals surface area contributed by atoms with Gasteiger partial charge in [-0.1, -0.05) is 12.1 Å². The Kier molecular flexibility index (Phi) is 1.73. The van der Waals surface area contributed by atoms with Gasteiger partial charge in [0.2, 0.25) is 0 Å². The molecule has 2 aromatic carbocycles. The van der Waals surface area contributed by atoms with Crippen molar-refractivity contribution in [3.05, 3.63) is 69.6 Å². The molecule has 2 heterocycles. The Morgan fingerprint density at radius 1 is 0.792 bits per heavy atom. The van der Waals surface area contributed by atoms with E-state index in [9.17, 15) is 24.0 Å². The molecular formula is C17H7NO6. The van der Waals surface area contributed by atoms with Gasteiger partial charge in [-0.2, -0.15) is 0 Å². The lowest BCUT2D eigenvalue weighted by Crippen LogP contribution is -2.19. The number of cyclic esters (lactones) is 2. The molecule has 2 amide bonds. The van der Waals surface area contributed by atoms with E-state index in [1.165, 1.54) is 0 Å². The highest BCUT2D eigenvalue weighted by atomic mass is 16.6. The summed E-state index contributed by atoms with van der Waals surface area (Å²) in [4.78, 5) is 60.5. The SMILES string of the molecule is [2H]c1c([2H])c2c(c([2H])c1C(=O)c1c([2H])c([2H])c3c(c1[2H])C(=O)OC3=O)C(=O)NC2=O. The summed E-state index contributed by atoms with van der Waals surface area (Å²) < 4.78 is 52.4. The van der Waals surface area contributed by atoms with Crippen LogP contribution in [-0.4, -0.2) is 29.5 Å². The smallest absolute Gasteiger partial charge is 0.346 e. The van der Waals surface area contributed by atoms with E-state index >= 15 is 0 Å². The molecule has 0 unspecified atom stereocenters. The van der Waals surface area contributed by atoms with E-state index in [4.69, 9.17) is 8.22 Å². The van der Waals surface area contributed by atoms with Crippen molar-refractivity contribution in [2.75, 3.05) is 0 Å². The van der Waals surface area contributed by atoms with Crippen LogP contribution in [0.4, 0.5) is 0 Å². The third kappa shape index (κ3) is 1.88. The van der Waals surface area contributed by atoms with Crippen molar-refractivity contribution in [3.63, 3.8) is 0 Å². The number of imide groups is 1. The predicted molar refractivity (Wildman–Crippen MR) is 77.9 cm³/mol. The first-order valence-corrected chi connectivity index (χ1v) is 6.43. The van der Waals surface area contributed by atoms with E-state index in [1.807, 2.05) is 5.32 Å². The zero-order valence-electron chi connectivity index (χ0n) is 17.4. The molecule has 0 radical (unpaired) electrons. The van der Waals surface area contributed by atoms with Crippen molar-refractivity contribution in [1.82, 2.24) is 5.32 Å². The second-order valence-corrected chi connectivity index (χ2v) is 4.79. The minimum Gasteiger partial charge on any atom is -0.386 e. The van der Waals surface area contributed by atoms with Crippen LogP contribution in [0.1, 0.15) is 65.6 Å². The van der Waals surface area contributed by atoms with Crippen LogP contribution in [0.3, 0.4) is 0 Å². The van der Waals surface area contributed by atoms with Crippen LogP contribution < -0.4 is 5.32 Å². The lowest BCUT2D eigenvalue weighted by atomic mass is 9.96. The summed E-state index contributed by atoms with van der Waals surface area (Å²) in [6, 6.07) is -5.30. The average Bonchev–Trinajstić information content (AvgIpc) is 3.13. The van der Waals surface area contributed by atoms with Crippen molar-refractivity contribution in [2.24, 2.45) is 0 Å². The van der Waals surface area contributed by atoms with E-state index in [2.05, 4.69) is 4.74 Å². The van der Waals surface area contributed by atoms with Gasteiger partial charge in [0.05, 0.1) is 30.5 Å². The number of nitrogens with one attached hydrogen (secondary N) is 1. The van der Waals surface area contributed by atoms with Gasteiger partial charge in [-0.25, -0.2) is 9.59 Å².